The number of carbonyl (C=O) groups is 1. The van der Waals surface area contributed by atoms with E-state index in [1.54, 1.807) is 0 Å². The lowest BCUT2D eigenvalue weighted by Crippen LogP contribution is -2.66. The van der Waals surface area contributed by atoms with Crippen LogP contribution in [0.5, 0.6) is 0 Å². The van der Waals surface area contributed by atoms with Gasteiger partial charge in [-0.1, -0.05) is 30.7 Å². The van der Waals surface area contributed by atoms with Gasteiger partial charge in [-0.05, 0) is 56.6 Å². The highest BCUT2D eigenvalue weighted by Gasteiger charge is 2.52. The van der Waals surface area contributed by atoms with Crippen LogP contribution in [0.25, 0.3) is 0 Å². The van der Waals surface area contributed by atoms with Crippen molar-refractivity contribution in [3.63, 3.8) is 0 Å². The van der Waals surface area contributed by atoms with E-state index in [1.807, 2.05) is 6.92 Å². The van der Waals surface area contributed by atoms with E-state index < -0.39 is 5.66 Å². The number of rotatable bonds is 7. The van der Waals surface area contributed by atoms with E-state index in [0.717, 1.165) is 64.0 Å². The lowest BCUT2D eigenvalue weighted by molar-refractivity contribution is -0.182. The van der Waals surface area contributed by atoms with Gasteiger partial charge in [0, 0.05) is 45.8 Å². The third-order valence-corrected chi connectivity index (χ3v) is 7.62. The van der Waals surface area contributed by atoms with Crippen LogP contribution in [0.2, 0.25) is 0 Å². The fourth-order valence-electron chi connectivity index (χ4n) is 5.76. The van der Waals surface area contributed by atoms with E-state index in [4.69, 9.17) is 4.74 Å². The Morgan fingerprint density at radius 3 is 2.00 bits per heavy atom. The first-order valence-electron chi connectivity index (χ1n) is 12.9. The minimum Gasteiger partial charge on any atom is -0.463 e. The Morgan fingerprint density at radius 2 is 1.42 bits per heavy atom. The second-order valence-electron chi connectivity index (χ2n) is 9.86. The largest absolute Gasteiger partial charge is 0.463 e. The Morgan fingerprint density at radius 1 is 0.879 bits per heavy atom. The molecule has 3 fully saturated rings. The molecule has 0 saturated carbocycles. The zero-order valence-corrected chi connectivity index (χ0v) is 20.1. The standard InChI is InChI=1S/C26H41N3O4/c1-2-33-25(32)26(28-14-4-3-5-15-28,29-18-12-24(31)13-19-29)22-8-6-21(7-9-22)20-27-16-10-23(30)11-17-27/h6-9,23-24,30-31H,2-5,10-20H2,1H3. The van der Waals surface area contributed by atoms with Crippen molar-refractivity contribution in [2.24, 2.45) is 0 Å². The predicted molar refractivity (Wildman–Crippen MR) is 128 cm³/mol. The van der Waals surface area contributed by atoms with Crippen LogP contribution in [-0.4, -0.2) is 89.0 Å². The van der Waals surface area contributed by atoms with Crippen molar-refractivity contribution < 1.29 is 19.7 Å². The average molecular weight is 460 g/mol. The number of benzene rings is 1. The van der Waals surface area contributed by atoms with Gasteiger partial charge in [0.1, 0.15) is 0 Å². The number of hydrogen-bond donors (Lipinski definition) is 2. The third-order valence-electron chi connectivity index (χ3n) is 7.62. The zero-order valence-electron chi connectivity index (χ0n) is 20.1. The van der Waals surface area contributed by atoms with Crippen LogP contribution in [0.15, 0.2) is 24.3 Å². The summed E-state index contributed by atoms with van der Waals surface area (Å²) in [6.07, 6.45) is 5.90. The first kappa shape index (κ1) is 24.6. The van der Waals surface area contributed by atoms with Gasteiger partial charge >= 0.3 is 5.97 Å². The Kier molecular flexibility index (Phi) is 8.41. The van der Waals surface area contributed by atoms with Crippen molar-refractivity contribution in [2.75, 3.05) is 45.9 Å². The first-order chi connectivity index (χ1) is 16.0. The molecule has 184 valence electrons. The second-order valence-corrected chi connectivity index (χ2v) is 9.86. The number of nitrogens with zero attached hydrogens (tertiary/aromatic N) is 3. The maximum absolute atomic E-state index is 13.8. The Hall–Kier alpha value is -1.51. The number of aliphatic hydroxyl groups excluding tert-OH is 2. The van der Waals surface area contributed by atoms with Gasteiger partial charge in [0.2, 0.25) is 5.66 Å². The number of hydrogen-bond acceptors (Lipinski definition) is 7. The minimum atomic E-state index is -0.940. The maximum Gasteiger partial charge on any atom is 0.346 e. The van der Waals surface area contributed by atoms with E-state index in [0.29, 0.717) is 32.5 Å². The molecule has 1 unspecified atom stereocenters. The molecule has 3 saturated heterocycles. The van der Waals surface area contributed by atoms with E-state index in [9.17, 15) is 15.0 Å². The fourth-order valence-corrected chi connectivity index (χ4v) is 5.76. The zero-order chi connectivity index (χ0) is 23.3. The molecule has 0 spiro atoms. The van der Waals surface area contributed by atoms with E-state index in [1.165, 1.54) is 12.0 Å². The molecular formula is C26H41N3O4. The van der Waals surface area contributed by atoms with Gasteiger partial charge in [-0.2, -0.15) is 0 Å². The maximum atomic E-state index is 13.8. The summed E-state index contributed by atoms with van der Waals surface area (Å²) in [5.41, 5.74) is 1.25. The van der Waals surface area contributed by atoms with Crippen molar-refractivity contribution >= 4 is 5.97 Å². The lowest BCUT2D eigenvalue weighted by Gasteiger charge is -2.51. The summed E-state index contributed by atoms with van der Waals surface area (Å²) in [5.74, 6) is -0.193. The molecule has 1 aromatic rings. The molecule has 7 heteroatoms. The van der Waals surface area contributed by atoms with Gasteiger partial charge in [-0.15, -0.1) is 0 Å². The van der Waals surface area contributed by atoms with E-state index in [-0.39, 0.29) is 18.2 Å². The molecule has 0 aliphatic carbocycles. The molecule has 7 nitrogen and oxygen atoms in total. The SMILES string of the molecule is CCOC(=O)C(c1ccc(CN2CCC(O)CC2)cc1)(N1CCCCC1)N1CCC(O)CC1. The molecule has 0 aromatic heterocycles. The van der Waals surface area contributed by atoms with Crippen LogP contribution >= 0.6 is 0 Å². The van der Waals surface area contributed by atoms with Gasteiger partial charge in [0.15, 0.2) is 0 Å². The predicted octanol–water partition coefficient (Wildman–Crippen LogP) is 2.30. The molecule has 2 N–H and O–H groups in total. The topological polar surface area (TPSA) is 76.5 Å². The summed E-state index contributed by atoms with van der Waals surface area (Å²) in [5, 5.41) is 19.9. The van der Waals surface area contributed by atoms with Crippen molar-refractivity contribution in [3.8, 4) is 0 Å². The molecule has 0 bridgehead atoms. The molecule has 3 heterocycles. The van der Waals surface area contributed by atoms with Gasteiger partial charge in [-0.3, -0.25) is 14.7 Å². The summed E-state index contributed by atoms with van der Waals surface area (Å²) in [6, 6.07) is 8.53. The molecule has 3 aliphatic heterocycles. The molecule has 0 radical (unpaired) electrons. The number of carbonyl (C=O) groups excluding carboxylic acids is 1. The Balaban J connectivity index is 1.64. The molecule has 33 heavy (non-hydrogen) atoms. The normalized spacial score (nSPS) is 24.5. The molecule has 4 rings (SSSR count). The van der Waals surface area contributed by atoms with Gasteiger partial charge in [0.05, 0.1) is 18.8 Å². The fraction of sp³-hybridized carbons (Fsp3) is 0.731. The summed E-state index contributed by atoms with van der Waals surface area (Å²) in [4.78, 5) is 20.7. The third kappa shape index (κ3) is 5.43. The van der Waals surface area contributed by atoms with Crippen LogP contribution in [0.4, 0.5) is 0 Å². The van der Waals surface area contributed by atoms with Gasteiger partial charge in [0.25, 0.3) is 0 Å². The number of likely N-dealkylation sites (tertiary alicyclic amines) is 3. The van der Waals surface area contributed by atoms with Crippen LogP contribution in [0.3, 0.4) is 0 Å². The molecule has 0 amide bonds. The highest BCUT2D eigenvalue weighted by Crippen LogP contribution is 2.38. The monoisotopic (exact) mass is 459 g/mol. The quantitative estimate of drug-likeness (QED) is 0.606. The number of aliphatic hydroxyl groups is 2. The van der Waals surface area contributed by atoms with E-state index in [2.05, 4.69) is 39.0 Å². The van der Waals surface area contributed by atoms with Crippen LogP contribution in [0.1, 0.15) is 63.0 Å². The Labute approximate surface area is 198 Å². The number of piperidine rings is 3. The highest BCUT2D eigenvalue weighted by molar-refractivity contribution is 5.82. The summed E-state index contributed by atoms with van der Waals surface area (Å²) >= 11 is 0. The van der Waals surface area contributed by atoms with Crippen molar-refractivity contribution in [2.45, 2.75) is 76.3 Å². The van der Waals surface area contributed by atoms with Crippen LogP contribution in [0, 0.1) is 0 Å². The summed E-state index contributed by atoms with van der Waals surface area (Å²) in [6.45, 7) is 8.01. The van der Waals surface area contributed by atoms with Crippen molar-refractivity contribution in [1.82, 2.24) is 14.7 Å². The van der Waals surface area contributed by atoms with Gasteiger partial charge < -0.3 is 14.9 Å². The second kappa shape index (κ2) is 11.3. The van der Waals surface area contributed by atoms with Gasteiger partial charge in [-0.25, -0.2) is 4.79 Å². The van der Waals surface area contributed by atoms with Crippen LogP contribution < -0.4 is 0 Å². The number of ether oxygens (including phenoxy) is 1. The lowest BCUT2D eigenvalue weighted by atomic mass is 9.89. The Bertz CT molecular complexity index is 751. The summed E-state index contributed by atoms with van der Waals surface area (Å²) < 4.78 is 5.74. The summed E-state index contributed by atoms with van der Waals surface area (Å²) in [7, 11) is 0. The van der Waals surface area contributed by atoms with Crippen molar-refractivity contribution in [3.05, 3.63) is 35.4 Å². The molecular weight excluding hydrogens is 418 g/mol. The van der Waals surface area contributed by atoms with E-state index >= 15 is 0 Å². The molecule has 1 aromatic carbocycles. The minimum absolute atomic E-state index is 0.165. The highest BCUT2D eigenvalue weighted by atomic mass is 16.5. The molecule has 1 atom stereocenters. The van der Waals surface area contributed by atoms with Crippen LogP contribution in [-0.2, 0) is 21.7 Å². The molecule has 3 aliphatic rings. The average Bonchev–Trinajstić information content (AvgIpc) is 2.84. The van der Waals surface area contributed by atoms with Crippen molar-refractivity contribution in [1.29, 1.82) is 0 Å². The first-order valence-corrected chi connectivity index (χ1v) is 12.9. The number of esters is 1. The smallest absolute Gasteiger partial charge is 0.346 e.